The number of rotatable bonds is 7. The normalized spacial score (nSPS) is 18.3. The number of aromatic nitrogens is 1. The summed E-state index contributed by atoms with van der Waals surface area (Å²) in [6, 6.07) is 10.0. The minimum Gasteiger partial charge on any atom is -0.489 e. The molecule has 0 spiro atoms. The number of nitrogens with one attached hydrogen (secondary N) is 2. The third-order valence-corrected chi connectivity index (χ3v) is 8.01. The highest BCUT2D eigenvalue weighted by Crippen LogP contribution is 2.43. The molecule has 2 aliphatic carbocycles. The molecule has 1 fully saturated rings. The van der Waals surface area contributed by atoms with Crippen molar-refractivity contribution in [3.05, 3.63) is 64.3 Å². The molecule has 198 valence electrons. The molecule has 10 heteroatoms. The Hall–Kier alpha value is -3.01. The Labute approximate surface area is 213 Å². The van der Waals surface area contributed by atoms with Crippen LogP contribution < -0.4 is 9.46 Å². The first-order chi connectivity index (χ1) is 17.5. The molecule has 0 bridgehead atoms. The molecule has 37 heavy (non-hydrogen) atoms. The van der Waals surface area contributed by atoms with Crippen molar-refractivity contribution in [1.82, 2.24) is 9.71 Å². The molecule has 1 amide bonds. The molecule has 5 rings (SSSR count). The summed E-state index contributed by atoms with van der Waals surface area (Å²) in [6.45, 7) is 0.0143. The Morgan fingerprint density at radius 2 is 1.86 bits per heavy atom. The number of carbonyl (C=O) groups excluding carboxylic acids is 1. The molecule has 1 atom stereocenters. The molecule has 2 aliphatic rings. The van der Waals surface area contributed by atoms with Crippen molar-refractivity contribution >= 4 is 26.8 Å². The van der Waals surface area contributed by atoms with Gasteiger partial charge in [0, 0.05) is 28.9 Å². The SMILES string of the molecule is CS(=O)(=O)NC(=O)CC1CCc2c1[nH]c1ccc(OCc3ccc(C4CCCC4)c(C(F)(F)F)c3)cc21. The van der Waals surface area contributed by atoms with Crippen LogP contribution in [0, 0.1) is 0 Å². The monoisotopic (exact) mass is 534 g/mol. The van der Waals surface area contributed by atoms with Gasteiger partial charge in [-0.25, -0.2) is 8.42 Å². The molecule has 1 heterocycles. The van der Waals surface area contributed by atoms with E-state index in [0.717, 1.165) is 60.5 Å². The van der Waals surface area contributed by atoms with Gasteiger partial charge in [-0.05, 0) is 72.6 Å². The minimum atomic E-state index is -4.41. The standard InChI is InChI=1S/C27H29F3N2O4S/c1-37(34,35)32-25(33)13-18-7-10-21-22-14-19(8-11-24(22)31-26(18)21)36-15-16-6-9-20(17-4-2-3-5-17)23(12-16)27(28,29)30/h6,8-9,11-12,14,17-18,31H,2-5,7,10,13,15H2,1H3,(H,32,33). The number of benzene rings is 2. The van der Waals surface area contributed by atoms with Crippen LogP contribution in [0.25, 0.3) is 10.9 Å². The number of ether oxygens (including phenoxy) is 1. The van der Waals surface area contributed by atoms with Gasteiger partial charge in [0.05, 0.1) is 11.8 Å². The smallest absolute Gasteiger partial charge is 0.416 e. The van der Waals surface area contributed by atoms with E-state index in [2.05, 4.69) is 4.98 Å². The van der Waals surface area contributed by atoms with Crippen LogP contribution in [0.15, 0.2) is 36.4 Å². The molecule has 1 aromatic heterocycles. The molecule has 0 aliphatic heterocycles. The van der Waals surface area contributed by atoms with Crippen molar-refractivity contribution in [1.29, 1.82) is 0 Å². The largest absolute Gasteiger partial charge is 0.489 e. The van der Waals surface area contributed by atoms with E-state index >= 15 is 0 Å². The first-order valence-electron chi connectivity index (χ1n) is 12.5. The predicted octanol–water partition coefficient (Wildman–Crippen LogP) is 5.92. The second-order valence-corrected chi connectivity index (χ2v) is 11.9. The van der Waals surface area contributed by atoms with E-state index in [-0.39, 0.29) is 24.9 Å². The number of aryl methyl sites for hydroxylation is 1. The summed E-state index contributed by atoms with van der Waals surface area (Å²) in [5.41, 5.74) is 3.12. The van der Waals surface area contributed by atoms with Crippen LogP contribution in [-0.4, -0.2) is 25.6 Å². The predicted molar refractivity (Wildman–Crippen MR) is 134 cm³/mol. The number of carbonyl (C=O) groups is 1. The highest BCUT2D eigenvalue weighted by Gasteiger charge is 2.36. The molecule has 6 nitrogen and oxygen atoms in total. The van der Waals surface area contributed by atoms with Gasteiger partial charge in [0.1, 0.15) is 12.4 Å². The van der Waals surface area contributed by atoms with E-state index in [1.165, 1.54) is 6.07 Å². The topological polar surface area (TPSA) is 88.3 Å². The maximum Gasteiger partial charge on any atom is 0.416 e. The van der Waals surface area contributed by atoms with Gasteiger partial charge >= 0.3 is 6.18 Å². The lowest BCUT2D eigenvalue weighted by atomic mass is 9.91. The van der Waals surface area contributed by atoms with Crippen molar-refractivity contribution in [3.8, 4) is 5.75 Å². The third kappa shape index (κ3) is 5.63. The highest BCUT2D eigenvalue weighted by molar-refractivity contribution is 7.89. The lowest BCUT2D eigenvalue weighted by Gasteiger charge is -2.19. The van der Waals surface area contributed by atoms with Gasteiger partial charge < -0.3 is 9.72 Å². The summed E-state index contributed by atoms with van der Waals surface area (Å²) in [4.78, 5) is 15.4. The quantitative estimate of drug-likeness (QED) is 0.394. The summed E-state index contributed by atoms with van der Waals surface area (Å²) >= 11 is 0. The molecule has 2 N–H and O–H groups in total. The van der Waals surface area contributed by atoms with Crippen molar-refractivity contribution < 1.29 is 31.1 Å². The summed E-state index contributed by atoms with van der Waals surface area (Å²) in [6.07, 6.45) is 1.57. The number of H-pyrrole nitrogens is 1. The average Bonchev–Trinajstić information content (AvgIpc) is 3.54. The molecule has 2 aromatic carbocycles. The zero-order chi connectivity index (χ0) is 26.4. The van der Waals surface area contributed by atoms with E-state index in [1.807, 2.05) is 16.9 Å². The Kier molecular flexibility index (Phi) is 6.72. The average molecular weight is 535 g/mol. The highest BCUT2D eigenvalue weighted by atomic mass is 32.2. The lowest BCUT2D eigenvalue weighted by molar-refractivity contribution is -0.138. The fourth-order valence-electron chi connectivity index (χ4n) is 5.79. The zero-order valence-corrected chi connectivity index (χ0v) is 21.3. The molecule has 1 saturated carbocycles. The fourth-order valence-corrected chi connectivity index (χ4v) is 6.29. The number of aromatic amines is 1. The third-order valence-electron chi connectivity index (χ3n) is 7.42. The second kappa shape index (κ2) is 9.70. The van der Waals surface area contributed by atoms with Crippen LogP contribution >= 0.6 is 0 Å². The summed E-state index contributed by atoms with van der Waals surface area (Å²) < 4.78 is 72.0. The Morgan fingerprint density at radius 3 is 2.57 bits per heavy atom. The molecular weight excluding hydrogens is 505 g/mol. The number of fused-ring (bicyclic) bond motifs is 3. The van der Waals surface area contributed by atoms with Gasteiger partial charge in [0.15, 0.2) is 0 Å². The molecule has 0 radical (unpaired) electrons. The van der Waals surface area contributed by atoms with Gasteiger partial charge in [-0.1, -0.05) is 25.0 Å². The van der Waals surface area contributed by atoms with Gasteiger partial charge in [-0.3, -0.25) is 9.52 Å². The van der Waals surface area contributed by atoms with Crippen molar-refractivity contribution in [2.24, 2.45) is 0 Å². The Balaban J connectivity index is 1.32. The van der Waals surface area contributed by atoms with E-state index < -0.39 is 27.7 Å². The van der Waals surface area contributed by atoms with Crippen LogP contribution in [0.1, 0.15) is 78.3 Å². The second-order valence-electron chi connectivity index (χ2n) is 10.2. The molecule has 1 unspecified atom stereocenters. The van der Waals surface area contributed by atoms with Crippen LogP contribution in [0.4, 0.5) is 13.2 Å². The minimum absolute atomic E-state index is 0.0143. The number of hydrogen-bond acceptors (Lipinski definition) is 4. The van der Waals surface area contributed by atoms with Crippen LogP contribution in [-0.2, 0) is 34.0 Å². The van der Waals surface area contributed by atoms with Gasteiger partial charge in [-0.15, -0.1) is 0 Å². The van der Waals surface area contributed by atoms with Crippen molar-refractivity contribution in [3.63, 3.8) is 0 Å². The first kappa shape index (κ1) is 25.6. The zero-order valence-electron chi connectivity index (χ0n) is 20.5. The molecular formula is C27H29F3N2O4S. The van der Waals surface area contributed by atoms with E-state index in [1.54, 1.807) is 18.2 Å². The van der Waals surface area contributed by atoms with Gasteiger partial charge in [-0.2, -0.15) is 13.2 Å². The molecule has 3 aromatic rings. The van der Waals surface area contributed by atoms with E-state index in [4.69, 9.17) is 4.74 Å². The number of amides is 1. The Morgan fingerprint density at radius 1 is 1.11 bits per heavy atom. The Bertz CT molecular complexity index is 1440. The van der Waals surface area contributed by atoms with Crippen LogP contribution in [0.3, 0.4) is 0 Å². The first-order valence-corrected chi connectivity index (χ1v) is 14.3. The van der Waals surface area contributed by atoms with E-state index in [9.17, 15) is 26.4 Å². The maximum atomic E-state index is 13.8. The van der Waals surface area contributed by atoms with Crippen LogP contribution in [0.5, 0.6) is 5.75 Å². The van der Waals surface area contributed by atoms with Gasteiger partial charge in [0.2, 0.25) is 15.9 Å². The van der Waals surface area contributed by atoms with Crippen molar-refractivity contribution in [2.45, 2.75) is 69.6 Å². The van der Waals surface area contributed by atoms with Gasteiger partial charge in [0.25, 0.3) is 0 Å². The lowest BCUT2D eigenvalue weighted by Crippen LogP contribution is -2.30. The molecule has 0 saturated heterocycles. The summed E-state index contributed by atoms with van der Waals surface area (Å²) in [5.74, 6) is -0.153. The maximum absolute atomic E-state index is 13.8. The van der Waals surface area contributed by atoms with Crippen molar-refractivity contribution in [2.75, 3.05) is 6.26 Å². The van der Waals surface area contributed by atoms with E-state index in [0.29, 0.717) is 23.3 Å². The number of halogens is 3. The number of sulfonamides is 1. The summed E-state index contributed by atoms with van der Waals surface area (Å²) in [5, 5.41) is 0.936. The summed E-state index contributed by atoms with van der Waals surface area (Å²) in [7, 11) is -3.61. The number of hydrogen-bond donors (Lipinski definition) is 2. The fraction of sp³-hybridized carbons (Fsp3) is 0.444. The number of alkyl halides is 3. The van der Waals surface area contributed by atoms with Crippen LogP contribution in [0.2, 0.25) is 0 Å².